The van der Waals surface area contributed by atoms with E-state index in [1.807, 2.05) is 30.3 Å². The smallest absolute Gasteiger partial charge is 0.320 e. The normalized spacial score (nSPS) is 16.5. The number of amides is 2. The van der Waals surface area contributed by atoms with Gasteiger partial charge in [-0.1, -0.05) is 43.2 Å². The molecular weight excluding hydrogens is 358 g/mol. The molecule has 2 rings (SSSR count). The Hall–Kier alpha value is -2.41. The zero-order valence-corrected chi connectivity index (χ0v) is 16.7. The summed E-state index contributed by atoms with van der Waals surface area (Å²) in [5, 5.41) is 15.1. The quantitative estimate of drug-likeness (QED) is 0.568. The zero-order chi connectivity index (χ0) is 20.5. The Labute approximate surface area is 166 Å². The summed E-state index contributed by atoms with van der Waals surface area (Å²) in [4.78, 5) is 36.8. The largest absolute Gasteiger partial charge is 0.480 e. The number of hydrogen-bond donors (Lipinski definition) is 3. The maximum atomic E-state index is 12.8. The van der Waals surface area contributed by atoms with Crippen LogP contribution in [0.2, 0.25) is 0 Å². The highest BCUT2D eigenvalue weighted by Crippen LogP contribution is 2.35. The Morgan fingerprint density at radius 2 is 1.82 bits per heavy atom. The van der Waals surface area contributed by atoms with Crippen molar-refractivity contribution in [3.8, 4) is 0 Å². The molecule has 7 nitrogen and oxygen atoms in total. The highest BCUT2D eigenvalue weighted by Gasteiger charge is 2.29. The molecule has 2 atom stereocenters. The lowest BCUT2D eigenvalue weighted by Crippen LogP contribution is -2.48. The molecule has 3 N–H and O–H groups in total. The summed E-state index contributed by atoms with van der Waals surface area (Å²) in [6.45, 7) is 3.52. The molecule has 1 aromatic carbocycles. The third kappa shape index (κ3) is 6.64. The summed E-state index contributed by atoms with van der Waals surface area (Å²) < 4.78 is 0. The molecule has 1 aromatic rings. The minimum atomic E-state index is -0.994. The number of rotatable bonds is 10. The van der Waals surface area contributed by atoms with Crippen molar-refractivity contribution in [1.82, 2.24) is 15.5 Å². The van der Waals surface area contributed by atoms with Gasteiger partial charge in [-0.15, -0.1) is 0 Å². The number of nitrogens with zero attached hydrogens (tertiary/aromatic N) is 1. The topological polar surface area (TPSA) is 98.7 Å². The van der Waals surface area contributed by atoms with E-state index in [1.54, 1.807) is 11.8 Å². The zero-order valence-electron chi connectivity index (χ0n) is 16.7. The van der Waals surface area contributed by atoms with Crippen LogP contribution < -0.4 is 10.6 Å². The van der Waals surface area contributed by atoms with Crippen molar-refractivity contribution in [2.24, 2.45) is 5.92 Å². The van der Waals surface area contributed by atoms with Crippen LogP contribution in [0.5, 0.6) is 0 Å². The molecule has 0 aliphatic heterocycles. The van der Waals surface area contributed by atoms with Crippen LogP contribution in [0, 0.1) is 5.92 Å². The number of hydrogen-bond acceptors (Lipinski definition) is 4. The van der Waals surface area contributed by atoms with E-state index in [2.05, 4.69) is 10.6 Å². The van der Waals surface area contributed by atoms with E-state index in [0.29, 0.717) is 19.0 Å². The summed E-state index contributed by atoms with van der Waals surface area (Å²) in [6.07, 6.45) is 4.50. The van der Waals surface area contributed by atoms with Crippen LogP contribution >= 0.6 is 0 Å². The van der Waals surface area contributed by atoms with Crippen molar-refractivity contribution in [3.05, 3.63) is 35.9 Å². The minimum absolute atomic E-state index is 0.0247. The molecule has 28 heavy (non-hydrogen) atoms. The van der Waals surface area contributed by atoms with Gasteiger partial charge in [-0.05, 0) is 31.2 Å². The van der Waals surface area contributed by atoms with Gasteiger partial charge in [0.25, 0.3) is 0 Å². The predicted octanol–water partition coefficient (Wildman–Crippen LogP) is 1.95. The van der Waals surface area contributed by atoms with Gasteiger partial charge in [0, 0.05) is 20.0 Å². The van der Waals surface area contributed by atoms with E-state index < -0.39 is 12.0 Å². The van der Waals surface area contributed by atoms with E-state index in [9.17, 15) is 19.5 Å². The molecule has 0 aromatic heterocycles. The molecule has 1 aliphatic rings. The summed E-state index contributed by atoms with van der Waals surface area (Å²) in [5.41, 5.74) is 1.08. The summed E-state index contributed by atoms with van der Waals surface area (Å²) in [5.74, 6) is -0.975. The van der Waals surface area contributed by atoms with Gasteiger partial charge in [-0.3, -0.25) is 19.3 Å². The first kappa shape index (κ1) is 21.9. The van der Waals surface area contributed by atoms with Crippen molar-refractivity contribution < 1.29 is 19.5 Å². The Bertz CT molecular complexity index is 659. The molecule has 1 aliphatic carbocycles. The Morgan fingerprint density at radius 3 is 2.39 bits per heavy atom. The van der Waals surface area contributed by atoms with Crippen LogP contribution in [0.25, 0.3) is 0 Å². The van der Waals surface area contributed by atoms with E-state index >= 15 is 0 Å². The van der Waals surface area contributed by atoms with Gasteiger partial charge in [0.1, 0.15) is 6.04 Å². The molecule has 0 heterocycles. The van der Waals surface area contributed by atoms with Crippen molar-refractivity contribution >= 4 is 17.8 Å². The van der Waals surface area contributed by atoms with Gasteiger partial charge in [0.05, 0.1) is 12.6 Å². The number of benzene rings is 1. The lowest BCUT2D eigenvalue weighted by atomic mass is 9.91. The Morgan fingerprint density at radius 1 is 1.18 bits per heavy atom. The lowest BCUT2D eigenvalue weighted by Gasteiger charge is -2.29. The van der Waals surface area contributed by atoms with E-state index in [1.165, 1.54) is 19.8 Å². The number of carbonyl (C=O) groups excluding carboxylic acids is 2. The molecule has 0 bridgehead atoms. The van der Waals surface area contributed by atoms with Gasteiger partial charge >= 0.3 is 5.97 Å². The van der Waals surface area contributed by atoms with Gasteiger partial charge in [0.2, 0.25) is 11.8 Å². The average molecular weight is 389 g/mol. The van der Waals surface area contributed by atoms with Crippen LogP contribution in [0.4, 0.5) is 0 Å². The number of aliphatic carboxylic acids is 1. The first-order valence-corrected chi connectivity index (χ1v) is 9.94. The number of carboxylic acids is 1. The van der Waals surface area contributed by atoms with Crippen LogP contribution in [-0.4, -0.2) is 53.5 Å². The lowest BCUT2D eigenvalue weighted by molar-refractivity contribution is -0.143. The standard InChI is InChI=1S/C21H31N3O4/c1-15(21(27)28)24(13-12-22-16(2)25)14-19(26)23-20(18-10-6-7-11-18)17-8-4-3-5-9-17/h3-5,8-9,15,18,20H,6-7,10-14H2,1-2H3,(H,22,25)(H,23,26)(H,27,28). The van der Waals surface area contributed by atoms with Crippen molar-refractivity contribution in [2.75, 3.05) is 19.6 Å². The second-order valence-corrected chi connectivity index (χ2v) is 7.47. The molecule has 2 unspecified atom stereocenters. The third-order valence-electron chi connectivity index (χ3n) is 5.37. The van der Waals surface area contributed by atoms with Crippen molar-refractivity contribution in [3.63, 3.8) is 0 Å². The van der Waals surface area contributed by atoms with Crippen molar-refractivity contribution in [2.45, 2.75) is 51.6 Å². The Balaban J connectivity index is 2.04. The molecule has 0 saturated heterocycles. The molecule has 1 saturated carbocycles. The van der Waals surface area contributed by atoms with Gasteiger partial charge in [0.15, 0.2) is 0 Å². The fourth-order valence-corrected chi connectivity index (χ4v) is 3.77. The first-order valence-electron chi connectivity index (χ1n) is 9.94. The molecule has 7 heteroatoms. The van der Waals surface area contributed by atoms with Gasteiger partial charge in [-0.2, -0.15) is 0 Å². The van der Waals surface area contributed by atoms with Gasteiger partial charge < -0.3 is 15.7 Å². The molecule has 2 amide bonds. The van der Waals surface area contributed by atoms with Crippen LogP contribution in [-0.2, 0) is 14.4 Å². The van der Waals surface area contributed by atoms with Crippen LogP contribution in [0.15, 0.2) is 30.3 Å². The second-order valence-electron chi connectivity index (χ2n) is 7.47. The molecule has 0 radical (unpaired) electrons. The molecule has 154 valence electrons. The third-order valence-corrected chi connectivity index (χ3v) is 5.37. The molecule has 0 spiro atoms. The SMILES string of the molecule is CC(=O)NCCN(CC(=O)NC(c1ccccc1)C1CCCC1)C(C)C(=O)O. The Kier molecular flexibility index (Phi) is 8.44. The van der Waals surface area contributed by atoms with E-state index in [0.717, 1.165) is 18.4 Å². The summed E-state index contributed by atoms with van der Waals surface area (Å²) in [7, 11) is 0. The highest BCUT2D eigenvalue weighted by molar-refractivity contribution is 5.80. The summed E-state index contributed by atoms with van der Waals surface area (Å²) in [6, 6.07) is 9.06. The van der Waals surface area contributed by atoms with Gasteiger partial charge in [-0.25, -0.2) is 0 Å². The number of nitrogens with one attached hydrogen (secondary N) is 2. The second kappa shape index (κ2) is 10.8. The molecule has 1 fully saturated rings. The van der Waals surface area contributed by atoms with Crippen LogP contribution in [0.3, 0.4) is 0 Å². The number of carbonyl (C=O) groups is 3. The minimum Gasteiger partial charge on any atom is -0.480 e. The van der Waals surface area contributed by atoms with E-state index in [-0.39, 0.29) is 24.4 Å². The maximum absolute atomic E-state index is 12.8. The summed E-state index contributed by atoms with van der Waals surface area (Å²) >= 11 is 0. The fraction of sp³-hybridized carbons (Fsp3) is 0.571. The fourth-order valence-electron chi connectivity index (χ4n) is 3.77. The maximum Gasteiger partial charge on any atom is 0.320 e. The average Bonchev–Trinajstić information content (AvgIpc) is 3.19. The van der Waals surface area contributed by atoms with Crippen molar-refractivity contribution in [1.29, 1.82) is 0 Å². The van der Waals surface area contributed by atoms with E-state index in [4.69, 9.17) is 0 Å². The number of carboxylic acid groups (broad SMARTS) is 1. The monoisotopic (exact) mass is 389 g/mol. The first-order chi connectivity index (χ1) is 13.4. The molecular formula is C21H31N3O4. The van der Waals surface area contributed by atoms with Crippen LogP contribution in [0.1, 0.15) is 51.1 Å². The highest BCUT2D eigenvalue weighted by atomic mass is 16.4. The predicted molar refractivity (Wildman–Crippen MR) is 107 cm³/mol.